The number of allylic oxidation sites excluding steroid dienone is 3. The molecule has 0 aliphatic carbocycles. The highest BCUT2D eigenvalue weighted by molar-refractivity contribution is 5.69. The molecule has 4 nitrogen and oxygen atoms in total. The van der Waals surface area contributed by atoms with Crippen molar-refractivity contribution in [3.63, 3.8) is 0 Å². The minimum atomic E-state index is -0.111. The monoisotopic (exact) mass is 422 g/mol. The summed E-state index contributed by atoms with van der Waals surface area (Å²) < 4.78 is 16.6. The van der Waals surface area contributed by atoms with Crippen LogP contribution in [0.2, 0.25) is 0 Å². The highest BCUT2D eigenvalue weighted by atomic mass is 16.7. The summed E-state index contributed by atoms with van der Waals surface area (Å²) >= 11 is 0. The Morgan fingerprint density at radius 3 is 2.33 bits per heavy atom. The number of esters is 1. The maximum absolute atomic E-state index is 11.0. The summed E-state index contributed by atoms with van der Waals surface area (Å²) in [7, 11) is 1.45. The second-order valence-electron chi connectivity index (χ2n) is 8.33. The van der Waals surface area contributed by atoms with Crippen molar-refractivity contribution < 1.29 is 19.0 Å². The van der Waals surface area contributed by atoms with Gasteiger partial charge in [0.2, 0.25) is 0 Å². The number of hydrogen-bond acceptors (Lipinski definition) is 4. The topological polar surface area (TPSA) is 44.8 Å². The lowest BCUT2D eigenvalue weighted by atomic mass is 10.1. The number of carbonyl (C=O) groups is 1. The minimum Gasteiger partial charge on any atom is -0.469 e. The van der Waals surface area contributed by atoms with E-state index in [4.69, 9.17) is 9.47 Å². The van der Waals surface area contributed by atoms with Crippen molar-refractivity contribution >= 4 is 5.97 Å². The van der Waals surface area contributed by atoms with Crippen LogP contribution in [0.15, 0.2) is 24.3 Å². The molecule has 0 aromatic rings. The molecule has 0 saturated carbocycles. The van der Waals surface area contributed by atoms with E-state index in [-0.39, 0.29) is 18.4 Å². The van der Waals surface area contributed by atoms with Gasteiger partial charge in [0.1, 0.15) is 0 Å². The first-order valence-corrected chi connectivity index (χ1v) is 12.4. The maximum atomic E-state index is 11.0. The van der Waals surface area contributed by atoms with Crippen LogP contribution < -0.4 is 0 Å². The van der Waals surface area contributed by atoms with Gasteiger partial charge in [-0.2, -0.15) is 0 Å². The van der Waals surface area contributed by atoms with Crippen LogP contribution in [0.1, 0.15) is 110 Å². The fourth-order valence-corrected chi connectivity index (χ4v) is 3.63. The van der Waals surface area contributed by atoms with Crippen molar-refractivity contribution in [2.24, 2.45) is 0 Å². The Bertz CT molecular complexity index is 452. The van der Waals surface area contributed by atoms with E-state index in [1.165, 1.54) is 64.9 Å². The lowest BCUT2D eigenvalue weighted by Gasteiger charge is -2.26. The van der Waals surface area contributed by atoms with Gasteiger partial charge in [-0.05, 0) is 64.2 Å². The summed E-state index contributed by atoms with van der Waals surface area (Å²) in [5.74, 6) is -0.111. The highest BCUT2D eigenvalue weighted by Gasteiger charge is 2.17. The molecule has 1 aliphatic heterocycles. The third-order valence-corrected chi connectivity index (χ3v) is 5.55. The molecule has 0 aromatic heterocycles. The van der Waals surface area contributed by atoms with Crippen LogP contribution in [0.5, 0.6) is 0 Å². The van der Waals surface area contributed by atoms with Crippen LogP contribution in [0.25, 0.3) is 0 Å². The van der Waals surface area contributed by atoms with Crippen LogP contribution in [-0.2, 0) is 19.0 Å². The largest absolute Gasteiger partial charge is 0.469 e. The van der Waals surface area contributed by atoms with Gasteiger partial charge in [-0.15, -0.1) is 0 Å². The Hall–Kier alpha value is -1.13. The van der Waals surface area contributed by atoms with Crippen molar-refractivity contribution in [1.29, 1.82) is 0 Å². The van der Waals surface area contributed by atoms with E-state index in [1.54, 1.807) is 0 Å². The van der Waals surface area contributed by atoms with Gasteiger partial charge in [-0.25, -0.2) is 0 Å². The fraction of sp³-hybridized carbons (Fsp3) is 0.808. The van der Waals surface area contributed by atoms with Gasteiger partial charge in [0.05, 0.1) is 13.2 Å². The summed E-state index contributed by atoms with van der Waals surface area (Å²) in [5, 5.41) is 0. The molecule has 0 bridgehead atoms. The number of unbranched alkanes of at least 4 members (excludes halogenated alkanes) is 8. The second-order valence-corrected chi connectivity index (χ2v) is 8.33. The molecule has 1 unspecified atom stereocenters. The zero-order valence-electron chi connectivity index (χ0n) is 19.6. The molecule has 0 aromatic carbocycles. The fourth-order valence-electron chi connectivity index (χ4n) is 3.63. The highest BCUT2D eigenvalue weighted by Crippen LogP contribution is 2.19. The third-order valence-electron chi connectivity index (χ3n) is 5.55. The van der Waals surface area contributed by atoms with Gasteiger partial charge in [-0.3, -0.25) is 4.79 Å². The van der Waals surface area contributed by atoms with Crippen molar-refractivity contribution in [1.82, 2.24) is 0 Å². The standard InChI is InChI=1S/C26H46O4/c1-3-4-19-24(30-26-22-17-18-23-29-26)20-15-13-11-9-7-5-6-8-10-12-14-16-21-25(27)28-2/h10,12,15,20,24,26H,3-9,11,13-14,16-19,21-23H2,1-2H3/b12-10-,20-15-/t24-,26?/m1/s1. The number of methoxy groups -OCH3 is 1. The molecular formula is C26H46O4. The van der Waals surface area contributed by atoms with Gasteiger partial charge >= 0.3 is 5.97 Å². The lowest BCUT2D eigenvalue weighted by molar-refractivity contribution is -0.179. The van der Waals surface area contributed by atoms with Gasteiger partial charge in [-0.1, -0.05) is 63.3 Å². The Morgan fingerprint density at radius 1 is 0.967 bits per heavy atom. The predicted molar refractivity (Wildman–Crippen MR) is 124 cm³/mol. The van der Waals surface area contributed by atoms with Crippen LogP contribution in [-0.4, -0.2) is 32.1 Å². The average molecular weight is 423 g/mol. The second kappa shape index (κ2) is 19.8. The van der Waals surface area contributed by atoms with Crippen LogP contribution in [0.4, 0.5) is 0 Å². The predicted octanol–water partition coefficient (Wildman–Crippen LogP) is 7.27. The number of hydrogen-bond donors (Lipinski definition) is 0. The summed E-state index contributed by atoms with van der Waals surface area (Å²) in [4.78, 5) is 11.0. The summed E-state index contributed by atoms with van der Waals surface area (Å²) in [6, 6.07) is 0. The van der Waals surface area contributed by atoms with E-state index in [9.17, 15) is 4.79 Å². The average Bonchev–Trinajstić information content (AvgIpc) is 2.77. The molecule has 174 valence electrons. The van der Waals surface area contributed by atoms with E-state index in [0.29, 0.717) is 6.42 Å². The molecule has 1 saturated heterocycles. The maximum Gasteiger partial charge on any atom is 0.305 e. The van der Waals surface area contributed by atoms with E-state index >= 15 is 0 Å². The Labute approximate surface area is 185 Å². The van der Waals surface area contributed by atoms with E-state index in [1.807, 2.05) is 0 Å². The Balaban J connectivity index is 1.99. The quantitative estimate of drug-likeness (QED) is 0.132. The first-order chi connectivity index (χ1) is 14.8. The number of ether oxygens (including phenoxy) is 3. The molecule has 1 fully saturated rings. The molecule has 0 spiro atoms. The minimum absolute atomic E-state index is 0.00662. The molecule has 2 atom stereocenters. The lowest BCUT2D eigenvalue weighted by Crippen LogP contribution is -2.27. The van der Waals surface area contributed by atoms with E-state index in [2.05, 4.69) is 36.0 Å². The summed E-state index contributed by atoms with van der Waals surface area (Å²) in [5.41, 5.74) is 0. The first-order valence-electron chi connectivity index (χ1n) is 12.4. The molecular weight excluding hydrogens is 376 g/mol. The van der Waals surface area contributed by atoms with Gasteiger partial charge < -0.3 is 14.2 Å². The van der Waals surface area contributed by atoms with Crippen LogP contribution in [0, 0.1) is 0 Å². The molecule has 4 heteroatoms. The van der Waals surface area contributed by atoms with Crippen molar-refractivity contribution in [2.75, 3.05) is 13.7 Å². The van der Waals surface area contributed by atoms with Crippen molar-refractivity contribution in [3.05, 3.63) is 24.3 Å². The normalized spacial score (nSPS) is 18.3. The van der Waals surface area contributed by atoms with Crippen LogP contribution in [0.3, 0.4) is 0 Å². The molecule has 30 heavy (non-hydrogen) atoms. The summed E-state index contributed by atoms with van der Waals surface area (Å²) in [6.45, 7) is 3.08. The van der Waals surface area contributed by atoms with Gasteiger partial charge in [0.25, 0.3) is 0 Å². The molecule has 1 rings (SSSR count). The zero-order valence-corrected chi connectivity index (χ0v) is 19.6. The Kier molecular flexibility index (Phi) is 17.8. The number of rotatable bonds is 18. The van der Waals surface area contributed by atoms with Crippen molar-refractivity contribution in [2.45, 2.75) is 122 Å². The smallest absolute Gasteiger partial charge is 0.305 e. The SMILES string of the molecule is CCCC[C@H](/C=C\CCCCCCC/C=C\CCCC(=O)OC)OC1CCCCO1. The third kappa shape index (κ3) is 15.7. The molecule has 0 N–H and O–H groups in total. The zero-order chi connectivity index (χ0) is 21.7. The Morgan fingerprint density at radius 2 is 1.67 bits per heavy atom. The van der Waals surface area contributed by atoms with Crippen LogP contribution >= 0.6 is 0 Å². The molecule has 0 amide bonds. The molecule has 1 aliphatic rings. The molecule has 1 heterocycles. The van der Waals surface area contributed by atoms with E-state index in [0.717, 1.165) is 45.1 Å². The van der Waals surface area contributed by atoms with Gasteiger partial charge in [0.15, 0.2) is 6.29 Å². The van der Waals surface area contributed by atoms with Gasteiger partial charge in [0, 0.05) is 13.0 Å². The van der Waals surface area contributed by atoms with Crippen molar-refractivity contribution in [3.8, 4) is 0 Å². The molecule has 0 radical (unpaired) electrons. The number of carbonyl (C=O) groups excluding carboxylic acids is 1. The summed E-state index contributed by atoms with van der Waals surface area (Å²) in [6.07, 6.45) is 27.4. The first kappa shape index (κ1) is 26.9. The van der Waals surface area contributed by atoms with E-state index < -0.39 is 0 Å².